The summed E-state index contributed by atoms with van der Waals surface area (Å²) in [5, 5.41) is 2.56. The van der Waals surface area contributed by atoms with Gasteiger partial charge in [-0.25, -0.2) is 0 Å². The highest BCUT2D eigenvalue weighted by atomic mass is 19.4. The number of hydrogen-bond acceptors (Lipinski definition) is 4. The highest BCUT2D eigenvalue weighted by Crippen LogP contribution is 2.22. The lowest BCUT2D eigenvalue weighted by molar-refractivity contribution is -0.153. The second-order valence-corrected chi connectivity index (χ2v) is 6.07. The fourth-order valence-corrected chi connectivity index (χ4v) is 2.65. The second-order valence-electron chi connectivity index (χ2n) is 6.07. The predicted molar refractivity (Wildman–Crippen MR) is 91.6 cm³/mol. The number of nitrogens with one attached hydrogen (secondary N) is 1. The van der Waals surface area contributed by atoms with Gasteiger partial charge in [-0.05, 0) is 29.8 Å². The van der Waals surface area contributed by atoms with Crippen molar-refractivity contribution in [1.82, 2.24) is 10.2 Å². The Labute approximate surface area is 157 Å². The van der Waals surface area contributed by atoms with E-state index in [-0.39, 0.29) is 23.4 Å². The molecule has 2 aromatic rings. The van der Waals surface area contributed by atoms with E-state index in [0.717, 1.165) is 4.90 Å². The molecule has 1 N–H and O–H groups in total. The van der Waals surface area contributed by atoms with Gasteiger partial charge in [-0.15, -0.1) is 0 Å². The van der Waals surface area contributed by atoms with Crippen LogP contribution >= 0.6 is 0 Å². The van der Waals surface area contributed by atoms with E-state index in [9.17, 15) is 27.6 Å². The maximum Gasteiger partial charge on any atom is 0.422 e. The quantitative estimate of drug-likeness (QED) is 0.767. The molecular weight excluding hydrogens is 377 g/mol. The highest BCUT2D eigenvalue weighted by molar-refractivity contribution is 6.22. The Morgan fingerprint density at radius 2 is 1.54 bits per heavy atom. The standard InChI is InChI=1S/C19H15F3N2O4/c20-19(21,22)11-28-13-7-5-12(6-8-13)9-23-16(25)10-24-17(26)14-3-1-2-4-15(14)18(24)27/h1-8H,9-11H2,(H,23,25). The summed E-state index contributed by atoms with van der Waals surface area (Å²) in [6, 6.07) is 12.0. The molecule has 3 amide bonds. The van der Waals surface area contributed by atoms with E-state index in [1.165, 1.54) is 36.4 Å². The van der Waals surface area contributed by atoms with Crippen LogP contribution in [0.2, 0.25) is 0 Å². The first-order valence-electron chi connectivity index (χ1n) is 8.25. The highest BCUT2D eigenvalue weighted by Gasteiger charge is 2.36. The first-order chi connectivity index (χ1) is 13.2. The molecule has 9 heteroatoms. The predicted octanol–water partition coefficient (Wildman–Crippen LogP) is 2.54. The minimum Gasteiger partial charge on any atom is -0.484 e. The van der Waals surface area contributed by atoms with E-state index in [4.69, 9.17) is 0 Å². The number of imide groups is 1. The molecule has 0 spiro atoms. The molecule has 1 aliphatic rings. The molecule has 0 unspecified atom stereocenters. The Kier molecular flexibility index (Phi) is 5.34. The molecule has 0 saturated heterocycles. The molecule has 1 aliphatic heterocycles. The van der Waals surface area contributed by atoms with E-state index in [0.29, 0.717) is 5.56 Å². The zero-order chi connectivity index (χ0) is 20.3. The number of carbonyl (C=O) groups is 3. The van der Waals surface area contributed by atoms with Gasteiger partial charge in [0.1, 0.15) is 12.3 Å². The van der Waals surface area contributed by atoms with Gasteiger partial charge in [0.2, 0.25) is 5.91 Å². The fourth-order valence-electron chi connectivity index (χ4n) is 2.65. The van der Waals surface area contributed by atoms with E-state index in [1.807, 2.05) is 0 Å². The van der Waals surface area contributed by atoms with E-state index < -0.39 is 37.0 Å². The van der Waals surface area contributed by atoms with Gasteiger partial charge in [0, 0.05) is 6.54 Å². The Morgan fingerprint density at radius 1 is 0.964 bits per heavy atom. The molecule has 1 heterocycles. The molecular formula is C19H15F3N2O4. The average Bonchev–Trinajstić information content (AvgIpc) is 2.90. The molecule has 0 aliphatic carbocycles. The van der Waals surface area contributed by atoms with Crippen LogP contribution in [0.5, 0.6) is 5.75 Å². The number of fused-ring (bicyclic) bond motifs is 1. The lowest BCUT2D eigenvalue weighted by atomic mass is 10.1. The van der Waals surface area contributed by atoms with Crippen LogP contribution in [-0.2, 0) is 11.3 Å². The Bertz CT molecular complexity index is 875. The van der Waals surface area contributed by atoms with Gasteiger partial charge < -0.3 is 10.1 Å². The number of alkyl halides is 3. The summed E-state index contributed by atoms with van der Waals surface area (Å²) >= 11 is 0. The molecule has 146 valence electrons. The van der Waals surface area contributed by atoms with E-state index in [2.05, 4.69) is 10.1 Å². The number of amides is 3. The molecule has 0 aromatic heterocycles. The van der Waals surface area contributed by atoms with E-state index in [1.54, 1.807) is 12.1 Å². The smallest absolute Gasteiger partial charge is 0.422 e. The molecule has 2 aromatic carbocycles. The first-order valence-corrected chi connectivity index (χ1v) is 8.25. The number of rotatable bonds is 6. The first kappa shape index (κ1) is 19.4. The van der Waals surface area contributed by atoms with Crippen molar-refractivity contribution in [3.05, 3.63) is 65.2 Å². The lowest BCUT2D eigenvalue weighted by Gasteiger charge is -2.14. The summed E-state index contributed by atoms with van der Waals surface area (Å²) in [5.74, 6) is -1.53. The van der Waals surface area contributed by atoms with Crippen LogP contribution in [0.3, 0.4) is 0 Å². The largest absolute Gasteiger partial charge is 0.484 e. The third-order valence-corrected chi connectivity index (χ3v) is 4.00. The Morgan fingerprint density at radius 3 is 2.07 bits per heavy atom. The summed E-state index contributed by atoms with van der Waals surface area (Å²) in [5.41, 5.74) is 1.14. The van der Waals surface area contributed by atoms with Crippen LogP contribution in [0.25, 0.3) is 0 Å². The molecule has 6 nitrogen and oxygen atoms in total. The molecule has 0 radical (unpaired) electrons. The molecule has 0 saturated carbocycles. The third-order valence-electron chi connectivity index (χ3n) is 4.00. The Hall–Kier alpha value is -3.36. The van der Waals surface area contributed by atoms with Gasteiger partial charge in [0.05, 0.1) is 11.1 Å². The molecule has 0 fully saturated rings. The van der Waals surface area contributed by atoms with Crippen LogP contribution < -0.4 is 10.1 Å². The zero-order valence-corrected chi connectivity index (χ0v) is 14.5. The maximum absolute atomic E-state index is 12.2. The summed E-state index contributed by atoms with van der Waals surface area (Å²) in [7, 11) is 0. The number of halogens is 3. The fraction of sp³-hybridized carbons (Fsp3) is 0.211. The topological polar surface area (TPSA) is 75.7 Å². The molecule has 28 heavy (non-hydrogen) atoms. The Balaban J connectivity index is 1.51. The van der Waals surface area contributed by atoms with E-state index >= 15 is 0 Å². The van der Waals surface area contributed by atoms with Crippen molar-refractivity contribution < 1.29 is 32.3 Å². The number of benzene rings is 2. The number of carbonyl (C=O) groups excluding carboxylic acids is 3. The van der Waals surface area contributed by atoms with Gasteiger partial charge in [0.25, 0.3) is 11.8 Å². The second kappa shape index (κ2) is 7.71. The minimum atomic E-state index is -4.42. The minimum absolute atomic E-state index is 0.0541. The monoisotopic (exact) mass is 392 g/mol. The number of hydrogen-bond donors (Lipinski definition) is 1. The van der Waals surface area contributed by atoms with Crippen LogP contribution in [0, 0.1) is 0 Å². The summed E-state index contributed by atoms with van der Waals surface area (Å²) in [6.07, 6.45) is -4.42. The van der Waals surface area contributed by atoms with Crippen molar-refractivity contribution in [3.8, 4) is 5.75 Å². The van der Waals surface area contributed by atoms with Crippen LogP contribution in [-0.4, -0.2) is 41.9 Å². The van der Waals surface area contributed by atoms with Gasteiger partial charge in [-0.3, -0.25) is 19.3 Å². The van der Waals surface area contributed by atoms with Crippen molar-refractivity contribution in [2.45, 2.75) is 12.7 Å². The molecule has 0 atom stereocenters. The van der Waals surface area contributed by atoms with Crippen molar-refractivity contribution >= 4 is 17.7 Å². The number of ether oxygens (including phenoxy) is 1. The third kappa shape index (κ3) is 4.48. The average molecular weight is 392 g/mol. The number of nitrogens with zero attached hydrogens (tertiary/aromatic N) is 1. The van der Waals surface area contributed by atoms with Gasteiger partial charge in [-0.1, -0.05) is 24.3 Å². The summed E-state index contributed by atoms with van der Waals surface area (Å²) < 4.78 is 40.9. The van der Waals surface area contributed by atoms with Crippen molar-refractivity contribution in [2.24, 2.45) is 0 Å². The molecule has 3 rings (SSSR count). The van der Waals surface area contributed by atoms with Crippen LogP contribution in [0.15, 0.2) is 48.5 Å². The van der Waals surface area contributed by atoms with Gasteiger partial charge in [0.15, 0.2) is 6.61 Å². The lowest BCUT2D eigenvalue weighted by Crippen LogP contribution is -2.40. The van der Waals surface area contributed by atoms with Crippen LogP contribution in [0.4, 0.5) is 13.2 Å². The van der Waals surface area contributed by atoms with Gasteiger partial charge >= 0.3 is 6.18 Å². The normalized spacial score (nSPS) is 13.5. The molecule has 0 bridgehead atoms. The van der Waals surface area contributed by atoms with Crippen molar-refractivity contribution in [2.75, 3.05) is 13.2 Å². The SMILES string of the molecule is O=C(CN1C(=O)c2ccccc2C1=O)NCc1ccc(OCC(F)(F)F)cc1. The zero-order valence-electron chi connectivity index (χ0n) is 14.5. The van der Waals surface area contributed by atoms with Gasteiger partial charge in [-0.2, -0.15) is 13.2 Å². The summed E-state index contributed by atoms with van der Waals surface area (Å²) in [4.78, 5) is 37.4. The summed E-state index contributed by atoms with van der Waals surface area (Å²) in [6.45, 7) is -1.72. The van der Waals surface area contributed by atoms with Crippen molar-refractivity contribution in [3.63, 3.8) is 0 Å². The van der Waals surface area contributed by atoms with Crippen molar-refractivity contribution in [1.29, 1.82) is 0 Å². The van der Waals surface area contributed by atoms with Crippen LogP contribution in [0.1, 0.15) is 26.3 Å². The maximum atomic E-state index is 12.2.